The minimum atomic E-state index is -4.92. The fraction of sp³-hybridized carbons (Fsp3) is 0.381. The van der Waals surface area contributed by atoms with Crippen molar-refractivity contribution in [2.24, 2.45) is 5.92 Å². The van der Waals surface area contributed by atoms with Crippen LogP contribution in [0.4, 0.5) is 13.2 Å². The fourth-order valence-electron chi connectivity index (χ4n) is 3.16. The van der Waals surface area contributed by atoms with E-state index in [2.05, 4.69) is 10.7 Å². The Labute approximate surface area is 179 Å². The van der Waals surface area contributed by atoms with Crippen LogP contribution in [0.5, 0.6) is 5.75 Å². The maximum absolute atomic E-state index is 13.7. The van der Waals surface area contributed by atoms with Crippen molar-refractivity contribution in [3.8, 4) is 17.0 Å². The van der Waals surface area contributed by atoms with Crippen LogP contribution >= 0.6 is 11.3 Å². The minimum absolute atomic E-state index is 0.0134. The zero-order valence-corrected chi connectivity index (χ0v) is 18.2. The molecule has 1 aromatic carbocycles. The number of fused-ring (bicyclic) bond motifs is 1. The summed E-state index contributed by atoms with van der Waals surface area (Å²) in [5.41, 5.74) is 2.23. The van der Waals surface area contributed by atoms with Gasteiger partial charge in [0.2, 0.25) is 11.2 Å². The van der Waals surface area contributed by atoms with E-state index in [1.54, 1.807) is 6.92 Å². The Hall–Kier alpha value is -2.72. The molecule has 0 aliphatic rings. The largest absolute Gasteiger partial charge is 0.450 e. The molecule has 0 amide bonds. The van der Waals surface area contributed by atoms with Crippen LogP contribution in [0.25, 0.3) is 22.2 Å². The van der Waals surface area contributed by atoms with Crippen molar-refractivity contribution < 1.29 is 32.9 Å². The number of alkyl halides is 3. The molecule has 3 aromatic rings. The monoisotopic (exact) mass is 455 g/mol. The number of thiazole rings is 1. The van der Waals surface area contributed by atoms with Crippen molar-refractivity contribution in [1.82, 2.24) is 4.98 Å². The van der Waals surface area contributed by atoms with Gasteiger partial charge in [0.1, 0.15) is 11.3 Å². The lowest BCUT2D eigenvalue weighted by molar-refractivity contribution is -0.418. The van der Waals surface area contributed by atoms with Gasteiger partial charge in [0.15, 0.2) is 6.04 Å². The summed E-state index contributed by atoms with van der Waals surface area (Å²) in [7, 11) is 0. The Bertz CT molecular complexity index is 1200. The molecule has 0 bridgehead atoms. The maximum atomic E-state index is 13.7. The number of hydrogen-bond acceptors (Lipinski definition) is 6. The molecular formula is C21H22F3N2O4S+. The summed E-state index contributed by atoms with van der Waals surface area (Å²) < 4.78 is 51.7. The van der Waals surface area contributed by atoms with Crippen molar-refractivity contribution in [2.45, 2.75) is 46.3 Å². The molecule has 6 nitrogen and oxygen atoms in total. The van der Waals surface area contributed by atoms with Gasteiger partial charge in [-0.2, -0.15) is 13.2 Å². The van der Waals surface area contributed by atoms with E-state index in [0.717, 1.165) is 17.4 Å². The highest BCUT2D eigenvalue weighted by Gasteiger charge is 2.40. The van der Waals surface area contributed by atoms with Crippen LogP contribution in [0.3, 0.4) is 0 Å². The third-order valence-corrected chi connectivity index (χ3v) is 5.92. The lowest BCUT2D eigenvalue weighted by Gasteiger charge is -2.15. The molecule has 31 heavy (non-hydrogen) atoms. The van der Waals surface area contributed by atoms with E-state index in [-0.39, 0.29) is 28.3 Å². The quantitative estimate of drug-likeness (QED) is 0.461. The molecule has 3 rings (SSSR count). The number of carbonyl (C=O) groups is 1. The van der Waals surface area contributed by atoms with Crippen LogP contribution in [-0.4, -0.2) is 17.0 Å². The van der Waals surface area contributed by atoms with Gasteiger partial charge in [0.25, 0.3) is 0 Å². The first-order valence-electron chi connectivity index (χ1n) is 9.60. The third kappa shape index (κ3) is 4.49. The topological polar surface area (TPSA) is 97.0 Å². The summed E-state index contributed by atoms with van der Waals surface area (Å²) in [6, 6.07) is 1.90. The Morgan fingerprint density at radius 3 is 2.55 bits per heavy atom. The van der Waals surface area contributed by atoms with E-state index in [9.17, 15) is 22.8 Å². The second-order valence-corrected chi connectivity index (χ2v) is 8.47. The molecule has 0 fully saturated rings. The lowest BCUT2D eigenvalue weighted by Crippen LogP contribution is -2.68. The van der Waals surface area contributed by atoms with Crippen LogP contribution in [-0.2, 0) is 11.0 Å². The highest BCUT2D eigenvalue weighted by molar-refractivity contribution is 7.09. The second-order valence-electron chi connectivity index (χ2n) is 7.41. The van der Waals surface area contributed by atoms with Gasteiger partial charge in [-0.05, 0) is 31.9 Å². The number of ether oxygens (including phenoxy) is 1. The molecule has 0 aliphatic carbocycles. The van der Waals surface area contributed by atoms with E-state index >= 15 is 0 Å². The molecule has 0 radical (unpaired) electrons. The predicted octanol–water partition coefficient (Wildman–Crippen LogP) is 4.11. The maximum Gasteiger partial charge on any atom is 0.450 e. The predicted molar refractivity (Wildman–Crippen MR) is 110 cm³/mol. The van der Waals surface area contributed by atoms with Crippen LogP contribution in [0.15, 0.2) is 26.7 Å². The first kappa shape index (κ1) is 23.0. The molecule has 3 N–H and O–H groups in total. The van der Waals surface area contributed by atoms with Gasteiger partial charge in [-0.3, -0.25) is 4.79 Å². The summed E-state index contributed by atoms with van der Waals surface area (Å²) in [5, 5.41) is 1.88. The van der Waals surface area contributed by atoms with E-state index in [1.165, 1.54) is 18.4 Å². The highest BCUT2D eigenvalue weighted by atomic mass is 32.1. The SMILES string of the molecule is CC[C@H](C)[C@@H]([NH3+])C(=O)Oc1cc(C)c2c(=O)c(-c3csc(C)n3)c(C(F)(F)F)oc2c1. The van der Waals surface area contributed by atoms with Crippen molar-refractivity contribution in [2.75, 3.05) is 0 Å². The first-order valence-corrected chi connectivity index (χ1v) is 10.5. The zero-order chi connectivity index (χ0) is 23.1. The molecule has 0 saturated carbocycles. The summed E-state index contributed by atoms with van der Waals surface area (Å²) in [6.45, 7) is 6.92. The number of aromatic nitrogens is 1. The average Bonchev–Trinajstić information content (AvgIpc) is 3.11. The van der Waals surface area contributed by atoms with E-state index in [0.29, 0.717) is 17.0 Å². The van der Waals surface area contributed by atoms with Crippen molar-refractivity contribution in [3.05, 3.63) is 44.1 Å². The van der Waals surface area contributed by atoms with Crippen LogP contribution in [0, 0.1) is 19.8 Å². The third-order valence-electron chi connectivity index (χ3n) is 5.15. The summed E-state index contributed by atoms with van der Waals surface area (Å²) >= 11 is 1.13. The van der Waals surface area contributed by atoms with E-state index < -0.39 is 34.9 Å². The number of aryl methyl sites for hydroxylation is 2. The minimum Gasteiger partial charge on any atom is -0.450 e. The number of hydrogen-bond donors (Lipinski definition) is 1. The number of benzene rings is 1. The summed E-state index contributed by atoms with van der Waals surface area (Å²) in [4.78, 5) is 29.4. The molecule has 10 heteroatoms. The molecule has 0 unspecified atom stereocenters. The molecule has 2 atom stereocenters. The number of carbonyl (C=O) groups excluding carboxylic acids is 1. The van der Waals surface area contributed by atoms with Gasteiger partial charge in [0, 0.05) is 17.4 Å². The number of rotatable bonds is 5. The smallest absolute Gasteiger partial charge is 0.450 e. The van der Waals surface area contributed by atoms with Crippen LogP contribution in [0.2, 0.25) is 0 Å². The van der Waals surface area contributed by atoms with Gasteiger partial charge < -0.3 is 14.9 Å². The Balaban J connectivity index is 2.18. The van der Waals surface area contributed by atoms with Crippen LogP contribution < -0.4 is 15.9 Å². The van der Waals surface area contributed by atoms with Crippen molar-refractivity contribution in [3.63, 3.8) is 0 Å². The Kier molecular flexibility index (Phi) is 6.24. The number of esters is 1. The molecule has 166 valence electrons. The van der Waals surface area contributed by atoms with Crippen LogP contribution in [0.1, 0.15) is 36.6 Å². The van der Waals surface area contributed by atoms with Gasteiger partial charge in [-0.1, -0.05) is 13.8 Å². The Morgan fingerprint density at radius 2 is 2.00 bits per heavy atom. The summed E-state index contributed by atoms with van der Waals surface area (Å²) in [6.07, 6.45) is -4.21. The Morgan fingerprint density at radius 1 is 1.32 bits per heavy atom. The van der Waals surface area contributed by atoms with E-state index in [1.807, 2.05) is 13.8 Å². The summed E-state index contributed by atoms with van der Waals surface area (Å²) in [5.74, 6) is -2.10. The highest BCUT2D eigenvalue weighted by Crippen LogP contribution is 2.38. The fourth-order valence-corrected chi connectivity index (χ4v) is 3.77. The first-order chi connectivity index (χ1) is 14.4. The molecule has 0 spiro atoms. The van der Waals surface area contributed by atoms with Gasteiger partial charge in [-0.25, -0.2) is 9.78 Å². The number of nitrogens with zero attached hydrogens (tertiary/aromatic N) is 1. The number of halogens is 3. The van der Waals surface area contributed by atoms with Crippen molar-refractivity contribution >= 4 is 28.3 Å². The molecule has 2 heterocycles. The second kappa shape index (κ2) is 8.43. The standard InChI is InChI=1S/C21H21F3N2O4S/c1-5-9(2)17(25)20(28)29-12-6-10(3)15-14(7-12)30-19(21(22,23)24)16(18(15)27)13-8-31-11(4)26-13/h6-9,17H,5,25H2,1-4H3/p+1/t9-,17+/m0/s1. The number of quaternary nitrogens is 1. The molecule has 2 aromatic heterocycles. The van der Waals surface area contributed by atoms with E-state index in [4.69, 9.17) is 9.15 Å². The zero-order valence-electron chi connectivity index (χ0n) is 17.4. The van der Waals surface area contributed by atoms with Gasteiger partial charge in [0.05, 0.1) is 21.7 Å². The average molecular weight is 455 g/mol. The van der Waals surface area contributed by atoms with Gasteiger partial charge in [-0.15, -0.1) is 11.3 Å². The van der Waals surface area contributed by atoms with Gasteiger partial charge >= 0.3 is 12.1 Å². The van der Waals surface area contributed by atoms with Crippen molar-refractivity contribution in [1.29, 1.82) is 0 Å². The molecule has 0 saturated heterocycles. The lowest BCUT2D eigenvalue weighted by atomic mass is 10.0. The normalized spacial score (nSPS) is 13.9. The molecular weight excluding hydrogens is 433 g/mol. The molecule has 0 aliphatic heterocycles.